The van der Waals surface area contributed by atoms with Crippen LogP contribution in [0.1, 0.15) is 59.3 Å². The number of aromatic nitrogens is 1. The molecule has 0 radical (unpaired) electrons. The summed E-state index contributed by atoms with van der Waals surface area (Å²) >= 11 is 0. The zero-order valence-corrected chi connectivity index (χ0v) is 15.2. The molecule has 6 nitrogen and oxygen atoms in total. The van der Waals surface area contributed by atoms with Crippen LogP contribution in [0.15, 0.2) is 18.3 Å². The van der Waals surface area contributed by atoms with Crippen LogP contribution in [0.25, 0.3) is 0 Å². The summed E-state index contributed by atoms with van der Waals surface area (Å²) in [4.78, 5) is 31.9. The van der Waals surface area contributed by atoms with E-state index in [-0.39, 0.29) is 23.9 Å². The van der Waals surface area contributed by atoms with Gasteiger partial charge in [-0.2, -0.15) is 0 Å². The van der Waals surface area contributed by atoms with Crippen LogP contribution in [-0.4, -0.2) is 34.5 Å². The van der Waals surface area contributed by atoms with Gasteiger partial charge >= 0.3 is 0 Å². The molecule has 0 aromatic carbocycles. The molecule has 1 atom stereocenters. The lowest BCUT2D eigenvalue weighted by atomic mass is 9.98. The molecule has 1 N–H and O–H groups in total. The summed E-state index contributed by atoms with van der Waals surface area (Å²) in [5.41, 5.74) is -1.56. The smallest absolute Gasteiger partial charge is 0.282 e. The fourth-order valence-electron chi connectivity index (χ4n) is 3.60. The number of ether oxygens (including phenoxy) is 1. The monoisotopic (exact) mass is 345 g/mol. The van der Waals surface area contributed by atoms with Crippen LogP contribution in [-0.2, 0) is 9.59 Å². The van der Waals surface area contributed by atoms with E-state index in [9.17, 15) is 9.59 Å². The highest BCUT2D eigenvalue weighted by molar-refractivity contribution is 6.16. The van der Waals surface area contributed by atoms with Crippen LogP contribution >= 0.6 is 0 Å². The maximum atomic E-state index is 13.1. The third-order valence-electron chi connectivity index (χ3n) is 5.06. The Morgan fingerprint density at radius 2 is 2.00 bits per heavy atom. The molecule has 2 amide bonds. The summed E-state index contributed by atoms with van der Waals surface area (Å²) in [6.45, 7) is 5.38. The van der Waals surface area contributed by atoms with Crippen LogP contribution in [0, 0.1) is 0 Å². The van der Waals surface area contributed by atoms with Crippen LogP contribution in [0.2, 0.25) is 0 Å². The van der Waals surface area contributed by atoms with Gasteiger partial charge in [0.25, 0.3) is 17.4 Å². The van der Waals surface area contributed by atoms with E-state index in [0.717, 1.165) is 25.7 Å². The molecule has 1 aliphatic carbocycles. The van der Waals surface area contributed by atoms with E-state index in [1.54, 1.807) is 30.2 Å². The molecule has 1 saturated carbocycles. The molecule has 136 valence electrons. The van der Waals surface area contributed by atoms with Crippen molar-refractivity contribution < 1.29 is 14.3 Å². The SMILES string of the molecule is CC(C)N1C(=O)[C@](C)(C(=O)NC2CCCCCC2)Oc2cccnc21. The Bertz CT molecular complexity index is 653. The Morgan fingerprint density at radius 3 is 2.64 bits per heavy atom. The first-order valence-corrected chi connectivity index (χ1v) is 9.22. The van der Waals surface area contributed by atoms with Crippen molar-refractivity contribution in [1.82, 2.24) is 10.3 Å². The van der Waals surface area contributed by atoms with Crippen LogP contribution in [0.4, 0.5) is 5.82 Å². The third kappa shape index (κ3) is 3.34. The first kappa shape index (κ1) is 17.7. The molecular weight excluding hydrogens is 318 g/mol. The molecule has 1 fully saturated rings. The number of amides is 2. The lowest BCUT2D eigenvalue weighted by molar-refractivity contribution is -0.149. The number of carbonyl (C=O) groups is 2. The highest BCUT2D eigenvalue weighted by atomic mass is 16.5. The van der Waals surface area contributed by atoms with Crippen molar-refractivity contribution in [2.75, 3.05) is 4.90 Å². The van der Waals surface area contributed by atoms with Crippen molar-refractivity contribution in [2.45, 2.75) is 77.0 Å². The van der Waals surface area contributed by atoms with Gasteiger partial charge in [-0.3, -0.25) is 14.5 Å². The summed E-state index contributed by atoms with van der Waals surface area (Å²) in [6, 6.07) is 3.50. The van der Waals surface area contributed by atoms with Crippen LogP contribution in [0.3, 0.4) is 0 Å². The summed E-state index contributed by atoms with van der Waals surface area (Å²) < 4.78 is 5.88. The fourth-order valence-corrected chi connectivity index (χ4v) is 3.60. The number of hydrogen-bond acceptors (Lipinski definition) is 4. The van der Waals surface area contributed by atoms with Crippen molar-refractivity contribution >= 4 is 17.6 Å². The van der Waals surface area contributed by atoms with E-state index in [2.05, 4.69) is 10.3 Å². The third-order valence-corrected chi connectivity index (χ3v) is 5.06. The van der Waals surface area contributed by atoms with Gasteiger partial charge < -0.3 is 10.1 Å². The maximum absolute atomic E-state index is 13.1. The second-order valence-electron chi connectivity index (χ2n) is 7.39. The Hall–Kier alpha value is -2.11. The van der Waals surface area contributed by atoms with Gasteiger partial charge in [-0.15, -0.1) is 0 Å². The van der Waals surface area contributed by atoms with Crippen molar-refractivity contribution in [3.63, 3.8) is 0 Å². The number of hydrogen-bond donors (Lipinski definition) is 1. The Balaban J connectivity index is 1.86. The van der Waals surface area contributed by atoms with Crippen molar-refractivity contribution in [3.8, 4) is 5.75 Å². The molecular formula is C19H27N3O3. The van der Waals surface area contributed by atoms with Crippen molar-refractivity contribution in [2.24, 2.45) is 0 Å². The minimum absolute atomic E-state index is 0.116. The molecule has 3 rings (SSSR count). The summed E-state index contributed by atoms with van der Waals surface area (Å²) in [6.07, 6.45) is 8.18. The molecule has 6 heteroatoms. The minimum atomic E-state index is -1.56. The number of anilines is 1. The van der Waals surface area contributed by atoms with E-state index >= 15 is 0 Å². The minimum Gasteiger partial charge on any atom is -0.464 e. The van der Waals surface area contributed by atoms with E-state index < -0.39 is 5.60 Å². The van der Waals surface area contributed by atoms with Crippen LogP contribution in [0.5, 0.6) is 5.75 Å². The summed E-state index contributed by atoms with van der Waals surface area (Å²) in [7, 11) is 0. The van der Waals surface area contributed by atoms with Gasteiger partial charge in [-0.25, -0.2) is 4.98 Å². The zero-order valence-electron chi connectivity index (χ0n) is 15.2. The largest absolute Gasteiger partial charge is 0.464 e. The number of carbonyl (C=O) groups excluding carboxylic acids is 2. The Labute approximate surface area is 148 Å². The van der Waals surface area contributed by atoms with E-state index in [1.165, 1.54) is 12.8 Å². The average Bonchev–Trinajstić information content (AvgIpc) is 2.84. The number of fused-ring (bicyclic) bond motifs is 1. The lowest BCUT2D eigenvalue weighted by Gasteiger charge is -2.40. The molecule has 1 aliphatic heterocycles. The summed E-state index contributed by atoms with van der Waals surface area (Å²) in [5.74, 6) is 0.223. The standard InChI is InChI=1S/C19H27N3O3/c1-13(2)22-16-15(11-8-12-20-16)25-19(3,18(22)24)17(23)21-14-9-6-4-5-7-10-14/h8,11-14H,4-7,9-10H2,1-3H3,(H,21,23)/t19-/m0/s1. The van der Waals surface area contributed by atoms with Gasteiger partial charge in [0.05, 0.1) is 0 Å². The average molecular weight is 345 g/mol. The Kier molecular flexibility index (Phi) is 4.97. The van der Waals surface area contributed by atoms with E-state index in [1.807, 2.05) is 13.8 Å². The molecule has 0 saturated heterocycles. The number of nitrogens with one attached hydrogen (secondary N) is 1. The molecule has 0 unspecified atom stereocenters. The summed E-state index contributed by atoms with van der Waals surface area (Å²) in [5, 5.41) is 3.06. The van der Waals surface area contributed by atoms with Crippen LogP contribution < -0.4 is 15.0 Å². The van der Waals surface area contributed by atoms with Gasteiger partial charge in [0.1, 0.15) is 0 Å². The zero-order chi connectivity index (χ0) is 18.0. The van der Waals surface area contributed by atoms with E-state index in [0.29, 0.717) is 11.6 Å². The molecule has 1 aromatic heterocycles. The second kappa shape index (κ2) is 7.02. The molecule has 2 heterocycles. The predicted molar refractivity (Wildman–Crippen MR) is 95.5 cm³/mol. The highest BCUT2D eigenvalue weighted by Gasteiger charge is 2.52. The predicted octanol–water partition coefficient (Wildman–Crippen LogP) is 2.81. The number of rotatable bonds is 3. The first-order chi connectivity index (χ1) is 11.9. The highest BCUT2D eigenvalue weighted by Crippen LogP contribution is 2.37. The van der Waals surface area contributed by atoms with Crippen molar-refractivity contribution in [3.05, 3.63) is 18.3 Å². The quantitative estimate of drug-likeness (QED) is 0.675. The van der Waals surface area contributed by atoms with E-state index in [4.69, 9.17) is 4.74 Å². The second-order valence-corrected chi connectivity index (χ2v) is 7.39. The normalized spacial score (nSPS) is 24.5. The number of nitrogens with zero attached hydrogens (tertiary/aromatic N) is 2. The number of pyridine rings is 1. The molecule has 0 bridgehead atoms. The molecule has 1 aromatic rings. The molecule has 25 heavy (non-hydrogen) atoms. The maximum Gasteiger partial charge on any atom is 0.282 e. The fraction of sp³-hybridized carbons (Fsp3) is 0.632. The molecule has 2 aliphatic rings. The topological polar surface area (TPSA) is 71.5 Å². The molecule has 0 spiro atoms. The lowest BCUT2D eigenvalue weighted by Crippen LogP contribution is -2.64. The van der Waals surface area contributed by atoms with Gasteiger partial charge in [0.2, 0.25) is 0 Å². The Morgan fingerprint density at radius 1 is 1.32 bits per heavy atom. The van der Waals surface area contributed by atoms with Gasteiger partial charge in [0.15, 0.2) is 11.6 Å². The van der Waals surface area contributed by atoms with Gasteiger partial charge in [-0.1, -0.05) is 25.7 Å². The van der Waals surface area contributed by atoms with Crippen molar-refractivity contribution in [1.29, 1.82) is 0 Å². The van der Waals surface area contributed by atoms with Gasteiger partial charge in [0, 0.05) is 18.3 Å². The van der Waals surface area contributed by atoms with Gasteiger partial charge in [-0.05, 0) is 45.7 Å². The first-order valence-electron chi connectivity index (χ1n) is 9.22.